The lowest BCUT2D eigenvalue weighted by Crippen LogP contribution is -2.62. The Labute approximate surface area is 117 Å². The van der Waals surface area contributed by atoms with Crippen molar-refractivity contribution in [2.45, 2.75) is 24.9 Å². The van der Waals surface area contributed by atoms with Crippen LogP contribution in [0.2, 0.25) is 0 Å². The second kappa shape index (κ2) is 6.61. The Bertz CT molecular complexity index is 450. The monoisotopic (exact) mass is 278 g/mol. The van der Waals surface area contributed by atoms with Gasteiger partial charge in [-0.15, -0.1) is 0 Å². The quantitative estimate of drug-likeness (QED) is 0.843. The highest BCUT2D eigenvalue weighted by molar-refractivity contribution is 7.98. The predicted octanol–water partition coefficient (Wildman–Crippen LogP) is 0.965. The van der Waals surface area contributed by atoms with Gasteiger partial charge in [-0.05, 0) is 24.0 Å². The molecule has 0 saturated carbocycles. The zero-order valence-electron chi connectivity index (χ0n) is 10.9. The van der Waals surface area contributed by atoms with E-state index < -0.39 is 6.04 Å². The third-order valence-corrected chi connectivity index (χ3v) is 3.80. The molecule has 2 atom stereocenters. The van der Waals surface area contributed by atoms with Crippen molar-refractivity contribution in [2.24, 2.45) is 0 Å². The molecule has 2 N–H and O–H groups in total. The second-order valence-corrected chi connectivity index (χ2v) is 5.58. The van der Waals surface area contributed by atoms with E-state index in [2.05, 4.69) is 10.6 Å². The van der Waals surface area contributed by atoms with Crippen LogP contribution in [0.4, 0.5) is 0 Å². The molecule has 0 radical (unpaired) electrons. The molecule has 1 fully saturated rings. The van der Waals surface area contributed by atoms with Crippen molar-refractivity contribution in [2.75, 3.05) is 12.0 Å². The molecule has 1 aliphatic heterocycles. The summed E-state index contributed by atoms with van der Waals surface area (Å²) in [5, 5.41) is 5.62. The van der Waals surface area contributed by atoms with Crippen LogP contribution in [0.15, 0.2) is 30.3 Å². The Morgan fingerprint density at radius 3 is 2.37 bits per heavy atom. The molecule has 0 aromatic heterocycles. The number of amides is 2. The van der Waals surface area contributed by atoms with Gasteiger partial charge < -0.3 is 10.6 Å². The van der Waals surface area contributed by atoms with E-state index in [9.17, 15) is 9.59 Å². The summed E-state index contributed by atoms with van der Waals surface area (Å²) >= 11 is 1.67. The summed E-state index contributed by atoms with van der Waals surface area (Å²) in [6.07, 6.45) is 3.20. The van der Waals surface area contributed by atoms with Gasteiger partial charge in [-0.3, -0.25) is 9.59 Å². The van der Waals surface area contributed by atoms with Crippen LogP contribution < -0.4 is 10.6 Å². The topological polar surface area (TPSA) is 58.2 Å². The first-order chi connectivity index (χ1) is 9.20. The molecule has 0 unspecified atom stereocenters. The highest BCUT2D eigenvalue weighted by Gasteiger charge is 2.32. The molecule has 1 heterocycles. The number of hydrogen-bond donors (Lipinski definition) is 2. The summed E-state index contributed by atoms with van der Waals surface area (Å²) in [5.41, 5.74) is 1.05. The van der Waals surface area contributed by atoms with Crippen LogP contribution in [0.1, 0.15) is 12.0 Å². The van der Waals surface area contributed by atoms with Gasteiger partial charge in [0.25, 0.3) is 0 Å². The van der Waals surface area contributed by atoms with E-state index >= 15 is 0 Å². The van der Waals surface area contributed by atoms with Crippen LogP contribution >= 0.6 is 11.8 Å². The third kappa shape index (κ3) is 3.73. The number of thioether (sulfide) groups is 1. The predicted molar refractivity (Wildman–Crippen MR) is 77.0 cm³/mol. The molecule has 0 aliphatic carbocycles. The van der Waals surface area contributed by atoms with Crippen molar-refractivity contribution in [1.29, 1.82) is 0 Å². The van der Waals surface area contributed by atoms with Crippen LogP contribution in [-0.2, 0) is 16.0 Å². The molecule has 19 heavy (non-hydrogen) atoms. The van der Waals surface area contributed by atoms with Gasteiger partial charge in [-0.25, -0.2) is 0 Å². The highest BCUT2D eigenvalue weighted by Crippen LogP contribution is 2.09. The number of carbonyl (C=O) groups is 2. The van der Waals surface area contributed by atoms with E-state index in [0.717, 1.165) is 11.3 Å². The van der Waals surface area contributed by atoms with Crippen molar-refractivity contribution in [1.82, 2.24) is 10.6 Å². The summed E-state index contributed by atoms with van der Waals surface area (Å²) in [6.45, 7) is 0. The minimum Gasteiger partial charge on any atom is -0.342 e. The molecule has 0 bridgehead atoms. The normalized spacial score (nSPS) is 22.8. The van der Waals surface area contributed by atoms with E-state index in [1.54, 1.807) is 11.8 Å². The summed E-state index contributed by atoms with van der Waals surface area (Å²) in [4.78, 5) is 23.9. The third-order valence-electron chi connectivity index (χ3n) is 3.16. The van der Waals surface area contributed by atoms with Crippen molar-refractivity contribution >= 4 is 23.6 Å². The summed E-state index contributed by atoms with van der Waals surface area (Å²) in [7, 11) is 0. The maximum atomic E-state index is 12.0. The van der Waals surface area contributed by atoms with Crippen LogP contribution in [0.3, 0.4) is 0 Å². The summed E-state index contributed by atoms with van der Waals surface area (Å²) in [5.74, 6) is 0.700. The van der Waals surface area contributed by atoms with Gasteiger partial charge in [0, 0.05) is 6.42 Å². The lowest BCUT2D eigenvalue weighted by Gasteiger charge is -2.29. The number of benzene rings is 1. The summed E-state index contributed by atoms with van der Waals surface area (Å²) < 4.78 is 0. The van der Waals surface area contributed by atoms with Crippen molar-refractivity contribution < 1.29 is 9.59 Å². The molecule has 2 amide bonds. The molecule has 1 aromatic carbocycles. The molecule has 1 aliphatic rings. The summed E-state index contributed by atoms with van der Waals surface area (Å²) in [6, 6.07) is 8.87. The molecular formula is C14H18N2O2S. The lowest BCUT2D eigenvalue weighted by molar-refractivity contribution is -0.136. The van der Waals surface area contributed by atoms with Crippen LogP contribution in [0.25, 0.3) is 0 Å². The molecule has 1 aromatic rings. The lowest BCUT2D eigenvalue weighted by atomic mass is 10.0. The maximum Gasteiger partial charge on any atom is 0.243 e. The van der Waals surface area contributed by atoms with Gasteiger partial charge in [0.2, 0.25) is 11.8 Å². The fourth-order valence-electron chi connectivity index (χ4n) is 2.11. The van der Waals surface area contributed by atoms with Crippen LogP contribution in [-0.4, -0.2) is 35.9 Å². The molecule has 4 nitrogen and oxygen atoms in total. The molecule has 2 rings (SSSR count). The van der Waals surface area contributed by atoms with Gasteiger partial charge in [-0.1, -0.05) is 30.3 Å². The van der Waals surface area contributed by atoms with Gasteiger partial charge in [-0.2, -0.15) is 11.8 Å². The fraction of sp³-hybridized carbons (Fsp3) is 0.429. The first-order valence-electron chi connectivity index (χ1n) is 6.34. The van der Waals surface area contributed by atoms with E-state index in [-0.39, 0.29) is 17.9 Å². The van der Waals surface area contributed by atoms with Crippen molar-refractivity contribution in [3.05, 3.63) is 35.9 Å². The minimum atomic E-state index is -0.458. The Hall–Kier alpha value is -1.49. The van der Waals surface area contributed by atoms with Crippen LogP contribution in [0.5, 0.6) is 0 Å². The zero-order valence-corrected chi connectivity index (χ0v) is 11.7. The van der Waals surface area contributed by atoms with Gasteiger partial charge in [0.15, 0.2) is 0 Å². The largest absolute Gasteiger partial charge is 0.342 e. The Morgan fingerprint density at radius 1 is 1.05 bits per heavy atom. The highest BCUT2D eigenvalue weighted by atomic mass is 32.2. The van der Waals surface area contributed by atoms with Gasteiger partial charge in [0.1, 0.15) is 12.1 Å². The number of nitrogens with one attached hydrogen (secondary N) is 2. The molecule has 102 valence electrons. The molecule has 0 spiro atoms. The number of hydrogen-bond acceptors (Lipinski definition) is 3. The second-order valence-electron chi connectivity index (χ2n) is 4.59. The van der Waals surface area contributed by atoms with Gasteiger partial charge >= 0.3 is 0 Å². The fourth-order valence-corrected chi connectivity index (χ4v) is 2.58. The first kappa shape index (κ1) is 13.9. The first-order valence-corrected chi connectivity index (χ1v) is 7.73. The van der Waals surface area contributed by atoms with E-state index in [4.69, 9.17) is 0 Å². The van der Waals surface area contributed by atoms with E-state index in [0.29, 0.717) is 12.8 Å². The van der Waals surface area contributed by atoms with Gasteiger partial charge in [0.05, 0.1) is 0 Å². The van der Waals surface area contributed by atoms with Crippen molar-refractivity contribution in [3.63, 3.8) is 0 Å². The Morgan fingerprint density at radius 2 is 1.68 bits per heavy atom. The van der Waals surface area contributed by atoms with E-state index in [1.807, 2.05) is 36.6 Å². The Kier molecular flexibility index (Phi) is 4.85. The average molecular weight is 278 g/mol. The minimum absolute atomic E-state index is 0.0745. The standard InChI is InChI=1S/C14H18N2O2S/c1-19-8-7-11-13(17)16-12(14(18)15-11)9-10-5-3-2-4-6-10/h2-6,11-12H,7-9H2,1H3,(H,15,18)(H,16,17)/t11-,12+/m1/s1. The van der Waals surface area contributed by atoms with Crippen molar-refractivity contribution in [3.8, 4) is 0 Å². The van der Waals surface area contributed by atoms with E-state index in [1.165, 1.54) is 0 Å². The smallest absolute Gasteiger partial charge is 0.243 e. The Balaban J connectivity index is 1.95. The van der Waals surface area contributed by atoms with Crippen LogP contribution in [0, 0.1) is 0 Å². The molecular weight excluding hydrogens is 260 g/mol. The number of piperazine rings is 1. The number of rotatable bonds is 5. The average Bonchev–Trinajstić information content (AvgIpc) is 2.42. The number of carbonyl (C=O) groups excluding carboxylic acids is 2. The maximum absolute atomic E-state index is 12.0. The molecule has 1 saturated heterocycles. The SMILES string of the molecule is CSCC[C@H]1NC(=O)[C@H](Cc2ccccc2)NC1=O. The zero-order chi connectivity index (χ0) is 13.7. The molecule has 5 heteroatoms.